The van der Waals surface area contributed by atoms with E-state index in [-0.39, 0.29) is 24.3 Å². The van der Waals surface area contributed by atoms with E-state index in [9.17, 15) is 14.4 Å². The maximum Gasteiger partial charge on any atom is 0.260 e. The lowest BCUT2D eigenvalue weighted by Crippen LogP contribution is -2.55. The summed E-state index contributed by atoms with van der Waals surface area (Å²) >= 11 is 0. The van der Waals surface area contributed by atoms with Gasteiger partial charge in [0.25, 0.3) is 11.8 Å². The third kappa shape index (κ3) is 3.48. The predicted octanol–water partition coefficient (Wildman–Crippen LogP) is 3.16. The Morgan fingerprint density at radius 2 is 1.50 bits per heavy atom. The van der Waals surface area contributed by atoms with Crippen LogP contribution in [-0.4, -0.2) is 67.4 Å². The lowest BCUT2D eigenvalue weighted by molar-refractivity contribution is -0.132. The summed E-state index contributed by atoms with van der Waals surface area (Å²) in [5.74, 6) is 0.304. The van der Waals surface area contributed by atoms with E-state index in [2.05, 4.69) is 4.90 Å². The third-order valence-electron chi connectivity index (χ3n) is 7.26. The molecule has 3 aliphatic heterocycles. The summed E-state index contributed by atoms with van der Waals surface area (Å²) in [7, 11) is 1.64. The van der Waals surface area contributed by atoms with Gasteiger partial charge in [0, 0.05) is 43.0 Å². The van der Waals surface area contributed by atoms with E-state index in [1.165, 1.54) is 0 Å². The van der Waals surface area contributed by atoms with Crippen LogP contribution in [0.5, 0.6) is 5.75 Å². The number of nitrogens with zero attached hydrogens (tertiary/aromatic N) is 4. The van der Waals surface area contributed by atoms with Crippen LogP contribution in [0, 0.1) is 0 Å². The zero-order chi connectivity index (χ0) is 24.8. The van der Waals surface area contributed by atoms with Gasteiger partial charge in [0.1, 0.15) is 18.5 Å². The number of rotatable bonds is 4. The summed E-state index contributed by atoms with van der Waals surface area (Å²) in [6.07, 6.45) is -0.624. The van der Waals surface area contributed by atoms with Gasteiger partial charge in [0.15, 0.2) is 0 Å². The molecule has 1 atom stereocenters. The largest absolute Gasteiger partial charge is 0.497 e. The molecule has 0 aliphatic carbocycles. The summed E-state index contributed by atoms with van der Waals surface area (Å²) in [6.45, 7) is 2.44. The fraction of sp³-hybridized carbons (Fsp3) is 0.250. The van der Waals surface area contributed by atoms with Crippen LogP contribution in [0.3, 0.4) is 0 Å². The minimum Gasteiger partial charge on any atom is -0.497 e. The highest BCUT2D eigenvalue weighted by molar-refractivity contribution is 6.17. The van der Waals surface area contributed by atoms with Gasteiger partial charge in [0.2, 0.25) is 5.91 Å². The quantitative estimate of drug-likeness (QED) is 0.571. The average Bonchev–Trinajstić information content (AvgIpc) is 3.23. The summed E-state index contributed by atoms with van der Waals surface area (Å²) in [5.41, 5.74) is 3.43. The van der Waals surface area contributed by atoms with Crippen LogP contribution in [0.25, 0.3) is 0 Å². The van der Waals surface area contributed by atoms with Crippen LogP contribution in [-0.2, 0) is 4.79 Å². The van der Waals surface area contributed by atoms with Gasteiger partial charge in [0.05, 0.1) is 18.4 Å². The number of methoxy groups -OCH3 is 1. The van der Waals surface area contributed by atoms with Crippen LogP contribution >= 0.6 is 0 Å². The molecule has 8 heteroatoms. The van der Waals surface area contributed by atoms with Crippen molar-refractivity contribution in [3.8, 4) is 5.75 Å². The standard InChI is InChI=1S/C28H26N4O4/c1-36-20-12-10-19(11-13-20)29-14-16-30(17-15-29)25(33)18-31-26-21-6-2-3-7-22(21)28(35)32(26)24-9-5-4-8-23(24)27(31)34/h2-13,26H,14-18H2,1H3/t26-/m1/s1. The van der Waals surface area contributed by atoms with E-state index >= 15 is 0 Å². The van der Waals surface area contributed by atoms with Crippen LogP contribution in [0.4, 0.5) is 11.4 Å². The third-order valence-corrected chi connectivity index (χ3v) is 7.26. The number of hydrogen-bond acceptors (Lipinski definition) is 5. The van der Waals surface area contributed by atoms with E-state index in [0.717, 1.165) is 17.0 Å². The molecule has 3 amide bonds. The molecular formula is C28H26N4O4. The maximum atomic E-state index is 13.6. The minimum atomic E-state index is -0.624. The lowest BCUT2D eigenvalue weighted by atomic mass is 10.0. The molecule has 3 aromatic rings. The van der Waals surface area contributed by atoms with Crippen LogP contribution < -0.4 is 14.5 Å². The molecule has 6 rings (SSSR count). The van der Waals surface area contributed by atoms with Gasteiger partial charge >= 0.3 is 0 Å². The molecule has 3 heterocycles. The van der Waals surface area contributed by atoms with E-state index in [4.69, 9.17) is 4.74 Å². The molecule has 0 saturated carbocycles. The van der Waals surface area contributed by atoms with Gasteiger partial charge in [-0.3, -0.25) is 19.3 Å². The first kappa shape index (κ1) is 22.2. The number of hydrogen-bond donors (Lipinski definition) is 0. The van der Waals surface area contributed by atoms with Crippen molar-refractivity contribution in [2.24, 2.45) is 0 Å². The number of carbonyl (C=O) groups excluding carboxylic acids is 3. The molecule has 3 aromatic carbocycles. The van der Waals surface area contributed by atoms with Crippen molar-refractivity contribution in [2.75, 3.05) is 49.6 Å². The Labute approximate surface area is 209 Å². The number of piperazine rings is 1. The SMILES string of the molecule is COc1ccc(N2CCN(C(=O)CN3C(=O)c4ccccc4N4C(=O)c5ccccc5[C@H]34)CC2)cc1. The van der Waals surface area contributed by atoms with Crippen molar-refractivity contribution < 1.29 is 19.1 Å². The van der Waals surface area contributed by atoms with Crippen molar-refractivity contribution >= 4 is 29.1 Å². The molecule has 3 aliphatic rings. The van der Waals surface area contributed by atoms with E-state index < -0.39 is 6.17 Å². The molecule has 0 aromatic heterocycles. The molecule has 0 bridgehead atoms. The zero-order valence-electron chi connectivity index (χ0n) is 20.0. The van der Waals surface area contributed by atoms with Crippen LogP contribution in [0.2, 0.25) is 0 Å². The molecule has 0 unspecified atom stereocenters. The molecule has 1 fully saturated rings. The first-order chi connectivity index (χ1) is 17.6. The average molecular weight is 483 g/mol. The minimum absolute atomic E-state index is 0.0848. The lowest BCUT2D eigenvalue weighted by Gasteiger charge is -2.42. The van der Waals surface area contributed by atoms with Crippen molar-refractivity contribution in [3.63, 3.8) is 0 Å². The van der Waals surface area contributed by atoms with Gasteiger partial charge in [-0.05, 0) is 42.5 Å². The number of carbonyl (C=O) groups is 3. The molecule has 36 heavy (non-hydrogen) atoms. The van der Waals surface area contributed by atoms with E-state index in [0.29, 0.717) is 43.0 Å². The number of benzene rings is 3. The molecule has 0 N–H and O–H groups in total. The van der Waals surface area contributed by atoms with Gasteiger partial charge < -0.3 is 19.4 Å². The number of fused-ring (bicyclic) bond motifs is 5. The Morgan fingerprint density at radius 3 is 2.22 bits per heavy atom. The van der Waals surface area contributed by atoms with E-state index in [1.54, 1.807) is 46.1 Å². The Kier molecular flexibility index (Phi) is 5.36. The number of ether oxygens (including phenoxy) is 1. The Hall–Kier alpha value is -4.33. The summed E-state index contributed by atoms with van der Waals surface area (Å²) in [4.78, 5) is 47.6. The highest BCUT2D eigenvalue weighted by Gasteiger charge is 2.48. The zero-order valence-corrected chi connectivity index (χ0v) is 20.0. The molecule has 0 radical (unpaired) electrons. The number of para-hydroxylation sites is 1. The highest BCUT2D eigenvalue weighted by Crippen LogP contribution is 2.45. The summed E-state index contributed by atoms with van der Waals surface area (Å²) < 4.78 is 5.24. The fourth-order valence-electron chi connectivity index (χ4n) is 5.39. The topological polar surface area (TPSA) is 73.4 Å². The highest BCUT2D eigenvalue weighted by atomic mass is 16.5. The Bertz CT molecular complexity index is 1350. The fourth-order valence-corrected chi connectivity index (χ4v) is 5.39. The smallest absolute Gasteiger partial charge is 0.260 e. The van der Waals surface area contributed by atoms with Crippen molar-refractivity contribution in [2.45, 2.75) is 6.17 Å². The molecule has 1 saturated heterocycles. The van der Waals surface area contributed by atoms with E-state index in [1.807, 2.05) is 48.5 Å². The second-order valence-electron chi connectivity index (χ2n) is 9.15. The Balaban J connectivity index is 1.22. The summed E-state index contributed by atoms with van der Waals surface area (Å²) in [5, 5.41) is 0. The van der Waals surface area contributed by atoms with Gasteiger partial charge in [-0.1, -0.05) is 30.3 Å². The first-order valence-electron chi connectivity index (χ1n) is 12.1. The number of amides is 3. The second kappa shape index (κ2) is 8.71. The molecule has 0 spiro atoms. The normalized spacial score (nSPS) is 18.6. The molecule has 8 nitrogen and oxygen atoms in total. The van der Waals surface area contributed by atoms with Crippen molar-refractivity contribution in [1.82, 2.24) is 9.80 Å². The summed E-state index contributed by atoms with van der Waals surface area (Å²) in [6, 6.07) is 22.3. The van der Waals surface area contributed by atoms with Crippen molar-refractivity contribution in [1.29, 1.82) is 0 Å². The molecular weight excluding hydrogens is 456 g/mol. The molecule has 182 valence electrons. The van der Waals surface area contributed by atoms with Crippen LogP contribution in [0.15, 0.2) is 72.8 Å². The second-order valence-corrected chi connectivity index (χ2v) is 9.15. The monoisotopic (exact) mass is 482 g/mol. The van der Waals surface area contributed by atoms with Crippen LogP contribution in [0.1, 0.15) is 32.4 Å². The Morgan fingerprint density at radius 1 is 0.833 bits per heavy atom. The van der Waals surface area contributed by atoms with Gasteiger partial charge in [-0.25, -0.2) is 0 Å². The predicted molar refractivity (Wildman–Crippen MR) is 135 cm³/mol. The van der Waals surface area contributed by atoms with Gasteiger partial charge in [-0.2, -0.15) is 0 Å². The maximum absolute atomic E-state index is 13.6. The van der Waals surface area contributed by atoms with Crippen molar-refractivity contribution in [3.05, 3.63) is 89.5 Å². The number of anilines is 2. The first-order valence-corrected chi connectivity index (χ1v) is 12.1. The van der Waals surface area contributed by atoms with Gasteiger partial charge in [-0.15, -0.1) is 0 Å².